The van der Waals surface area contributed by atoms with E-state index >= 15 is 0 Å². The highest BCUT2D eigenvalue weighted by molar-refractivity contribution is 6.14. The summed E-state index contributed by atoms with van der Waals surface area (Å²) in [5.74, 6) is 1.12. The molecule has 0 bridgehead atoms. The summed E-state index contributed by atoms with van der Waals surface area (Å²) >= 11 is 0. The Hall–Kier alpha value is -3.93. The van der Waals surface area contributed by atoms with Crippen molar-refractivity contribution < 1.29 is 19.2 Å². The van der Waals surface area contributed by atoms with Crippen molar-refractivity contribution in [3.8, 4) is 11.5 Å². The standard InChI is InChI=1S/C24H19NO5/c1-2-16-3-5-17(6-4-16)13-23-24(26)21-12-11-20(14-22(21)30-23)29-15-18-7-9-19(10-8-18)25(27)28/h3-14H,2,15H2,1H3. The second-order valence-corrected chi connectivity index (χ2v) is 6.91. The van der Waals surface area contributed by atoms with Gasteiger partial charge in [0.15, 0.2) is 5.76 Å². The summed E-state index contributed by atoms with van der Waals surface area (Å²) in [7, 11) is 0. The third-order valence-electron chi connectivity index (χ3n) is 4.88. The van der Waals surface area contributed by atoms with Gasteiger partial charge in [0.2, 0.25) is 5.78 Å². The molecule has 0 saturated carbocycles. The number of non-ortho nitro benzene ring substituents is 1. The molecule has 0 saturated heterocycles. The maximum Gasteiger partial charge on any atom is 0.269 e. The van der Waals surface area contributed by atoms with Gasteiger partial charge in [0, 0.05) is 18.2 Å². The minimum Gasteiger partial charge on any atom is -0.489 e. The average Bonchev–Trinajstić information content (AvgIpc) is 3.07. The van der Waals surface area contributed by atoms with Crippen LogP contribution < -0.4 is 9.47 Å². The molecule has 0 radical (unpaired) electrons. The number of hydrogen-bond acceptors (Lipinski definition) is 5. The van der Waals surface area contributed by atoms with Crippen molar-refractivity contribution in [2.75, 3.05) is 0 Å². The molecule has 150 valence electrons. The maximum atomic E-state index is 12.6. The van der Waals surface area contributed by atoms with Gasteiger partial charge in [-0.3, -0.25) is 14.9 Å². The summed E-state index contributed by atoms with van der Waals surface area (Å²) in [6.45, 7) is 2.34. The molecule has 0 atom stereocenters. The number of benzene rings is 3. The van der Waals surface area contributed by atoms with Gasteiger partial charge in [-0.2, -0.15) is 0 Å². The molecule has 4 rings (SSSR count). The van der Waals surface area contributed by atoms with Crippen molar-refractivity contribution in [2.24, 2.45) is 0 Å². The molecule has 0 amide bonds. The Bertz CT molecular complexity index is 1130. The molecular formula is C24H19NO5. The first-order valence-corrected chi connectivity index (χ1v) is 9.57. The molecule has 1 heterocycles. The van der Waals surface area contributed by atoms with Crippen LogP contribution in [0.5, 0.6) is 11.5 Å². The highest BCUT2D eigenvalue weighted by Crippen LogP contribution is 2.35. The zero-order valence-electron chi connectivity index (χ0n) is 16.3. The second kappa shape index (κ2) is 8.21. The van der Waals surface area contributed by atoms with Gasteiger partial charge in [-0.15, -0.1) is 0 Å². The van der Waals surface area contributed by atoms with E-state index < -0.39 is 4.92 Å². The fourth-order valence-corrected chi connectivity index (χ4v) is 3.14. The predicted molar refractivity (Wildman–Crippen MR) is 113 cm³/mol. The van der Waals surface area contributed by atoms with Crippen molar-refractivity contribution in [1.82, 2.24) is 0 Å². The van der Waals surface area contributed by atoms with E-state index in [-0.39, 0.29) is 23.8 Å². The van der Waals surface area contributed by atoms with Gasteiger partial charge in [0.25, 0.3) is 5.69 Å². The highest BCUT2D eigenvalue weighted by Gasteiger charge is 2.27. The zero-order valence-corrected chi connectivity index (χ0v) is 16.3. The molecule has 0 N–H and O–H groups in total. The van der Waals surface area contributed by atoms with E-state index in [1.165, 1.54) is 17.7 Å². The molecule has 1 aliphatic rings. The number of Topliss-reactive ketones (excluding diaryl/α,β-unsaturated/α-hetero) is 1. The molecule has 30 heavy (non-hydrogen) atoms. The summed E-state index contributed by atoms with van der Waals surface area (Å²) in [4.78, 5) is 22.9. The third-order valence-corrected chi connectivity index (χ3v) is 4.88. The first-order chi connectivity index (χ1) is 14.5. The average molecular weight is 401 g/mol. The molecule has 6 nitrogen and oxygen atoms in total. The van der Waals surface area contributed by atoms with Gasteiger partial charge in [-0.1, -0.05) is 31.2 Å². The number of aryl methyl sites for hydroxylation is 1. The van der Waals surface area contributed by atoms with Crippen LogP contribution in [0.1, 0.15) is 34.0 Å². The first kappa shape index (κ1) is 19.4. The highest BCUT2D eigenvalue weighted by atomic mass is 16.6. The lowest BCUT2D eigenvalue weighted by atomic mass is 10.1. The van der Waals surface area contributed by atoms with E-state index in [0.717, 1.165) is 17.5 Å². The maximum absolute atomic E-state index is 12.6. The fourth-order valence-electron chi connectivity index (χ4n) is 3.14. The minimum absolute atomic E-state index is 0.0341. The number of carbonyl (C=O) groups excluding carboxylic acids is 1. The van der Waals surface area contributed by atoms with Crippen LogP contribution in [0.3, 0.4) is 0 Å². The van der Waals surface area contributed by atoms with Crippen LogP contribution in [0.4, 0.5) is 5.69 Å². The summed E-state index contributed by atoms with van der Waals surface area (Å²) < 4.78 is 11.5. The van der Waals surface area contributed by atoms with E-state index in [4.69, 9.17) is 9.47 Å². The number of hydrogen-bond donors (Lipinski definition) is 0. The van der Waals surface area contributed by atoms with Crippen LogP contribution in [-0.2, 0) is 13.0 Å². The van der Waals surface area contributed by atoms with E-state index in [9.17, 15) is 14.9 Å². The van der Waals surface area contributed by atoms with Crippen molar-refractivity contribution in [3.05, 3.63) is 105 Å². The number of fused-ring (bicyclic) bond motifs is 1. The van der Waals surface area contributed by atoms with Crippen LogP contribution >= 0.6 is 0 Å². The van der Waals surface area contributed by atoms with Crippen LogP contribution in [0.25, 0.3) is 6.08 Å². The molecular weight excluding hydrogens is 382 g/mol. The minimum atomic E-state index is -0.442. The van der Waals surface area contributed by atoms with Gasteiger partial charge in [-0.05, 0) is 53.5 Å². The van der Waals surface area contributed by atoms with Crippen molar-refractivity contribution in [1.29, 1.82) is 0 Å². The predicted octanol–water partition coefficient (Wildman–Crippen LogP) is 5.35. The zero-order chi connectivity index (χ0) is 21.1. The van der Waals surface area contributed by atoms with E-state index in [2.05, 4.69) is 6.92 Å². The Morgan fingerprint density at radius 1 is 1.00 bits per heavy atom. The lowest BCUT2D eigenvalue weighted by Gasteiger charge is -2.07. The van der Waals surface area contributed by atoms with Gasteiger partial charge >= 0.3 is 0 Å². The normalized spacial score (nSPS) is 13.8. The molecule has 0 aliphatic carbocycles. The molecule has 1 aliphatic heterocycles. The monoisotopic (exact) mass is 401 g/mol. The molecule has 0 fully saturated rings. The van der Waals surface area contributed by atoms with Gasteiger partial charge in [0.1, 0.15) is 18.1 Å². The Labute approximate surface area is 173 Å². The molecule has 0 spiro atoms. The van der Waals surface area contributed by atoms with Crippen molar-refractivity contribution in [3.63, 3.8) is 0 Å². The SMILES string of the molecule is CCc1ccc(C=C2Oc3cc(OCc4ccc([N+](=O)[O-])cc4)ccc3C2=O)cc1. The number of ether oxygens (including phenoxy) is 2. The quantitative estimate of drug-likeness (QED) is 0.316. The Kier molecular flexibility index (Phi) is 5.30. The number of carbonyl (C=O) groups is 1. The summed E-state index contributed by atoms with van der Waals surface area (Å²) in [5, 5.41) is 10.7. The fraction of sp³-hybridized carbons (Fsp3) is 0.125. The van der Waals surface area contributed by atoms with Crippen molar-refractivity contribution in [2.45, 2.75) is 20.0 Å². The topological polar surface area (TPSA) is 78.7 Å². The second-order valence-electron chi connectivity index (χ2n) is 6.91. The molecule has 6 heteroatoms. The number of nitro groups is 1. The van der Waals surface area contributed by atoms with Crippen LogP contribution in [0.15, 0.2) is 72.5 Å². The van der Waals surface area contributed by atoms with E-state index in [1.54, 1.807) is 36.4 Å². The summed E-state index contributed by atoms with van der Waals surface area (Å²) in [6.07, 6.45) is 2.69. The Morgan fingerprint density at radius 2 is 1.70 bits per heavy atom. The van der Waals surface area contributed by atoms with E-state index in [0.29, 0.717) is 17.1 Å². The van der Waals surface area contributed by atoms with Crippen molar-refractivity contribution >= 4 is 17.5 Å². The van der Waals surface area contributed by atoms with Crippen LogP contribution in [0.2, 0.25) is 0 Å². The molecule has 0 unspecified atom stereocenters. The molecule has 3 aromatic carbocycles. The Morgan fingerprint density at radius 3 is 2.37 bits per heavy atom. The number of nitro benzene ring substituents is 1. The lowest BCUT2D eigenvalue weighted by Crippen LogP contribution is -1.98. The number of nitrogens with zero attached hydrogens (tertiary/aromatic N) is 1. The third kappa shape index (κ3) is 4.07. The summed E-state index contributed by atoms with van der Waals surface area (Å²) in [5.41, 5.74) is 3.46. The van der Waals surface area contributed by atoms with E-state index in [1.807, 2.05) is 24.3 Å². The largest absolute Gasteiger partial charge is 0.489 e. The number of allylic oxidation sites excluding steroid dienone is 1. The number of rotatable bonds is 6. The van der Waals surface area contributed by atoms with Gasteiger partial charge < -0.3 is 9.47 Å². The van der Waals surface area contributed by atoms with Crippen LogP contribution in [0, 0.1) is 10.1 Å². The number of ketones is 1. The van der Waals surface area contributed by atoms with Gasteiger partial charge in [0.05, 0.1) is 10.5 Å². The first-order valence-electron chi connectivity index (χ1n) is 9.57. The molecule has 0 aromatic heterocycles. The van der Waals surface area contributed by atoms with Gasteiger partial charge in [-0.25, -0.2) is 0 Å². The smallest absolute Gasteiger partial charge is 0.269 e. The Balaban J connectivity index is 1.46. The summed E-state index contributed by atoms with van der Waals surface area (Å²) in [6, 6.07) is 19.2. The molecule has 3 aromatic rings. The van der Waals surface area contributed by atoms with Crippen LogP contribution in [-0.4, -0.2) is 10.7 Å². The lowest BCUT2D eigenvalue weighted by molar-refractivity contribution is -0.384.